The molecule has 118 valence electrons. The monoisotopic (exact) mass is 301 g/mol. The third kappa shape index (κ3) is 6.04. The summed E-state index contributed by atoms with van der Waals surface area (Å²) in [6, 6.07) is 0. The van der Waals surface area contributed by atoms with Crippen LogP contribution >= 0.6 is 11.8 Å². The van der Waals surface area contributed by atoms with Gasteiger partial charge in [-0.3, -0.25) is 4.79 Å². The third-order valence-corrected chi connectivity index (χ3v) is 5.60. The molecule has 1 rings (SSSR count). The molecule has 0 aliphatic heterocycles. The minimum Gasteiger partial charge on any atom is -0.468 e. The molecule has 1 unspecified atom stereocenters. The van der Waals surface area contributed by atoms with E-state index in [1.807, 2.05) is 6.92 Å². The van der Waals surface area contributed by atoms with Crippen molar-refractivity contribution in [1.29, 1.82) is 0 Å². The van der Waals surface area contributed by atoms with Gasteiger partial charge in [0.1, 0.15) is 5.54 Å². The maximum atomic E-state index is 11.9. The van der Waals surface area contributed by atoms with Gasteiger partial charge in [-0.05, 0) is 51.3 Å². The predicted molar refractivity (Wildman–Crippen MR) is 87.3 cm³/mol. The summed E-state index contributed by atoms with van der Waals surface area (Å²) in [6.45, 7) is 4.95. The van der Waals surface area contributed by atoms with E-state index >= 15 is 0 Å². The van der Waals surface area contributed by atoms with Crippen molar-refractivity contribution in [2.24, 2.45) is 0 Å². The first-order valence-electron chi connectivity index (χ1n) is 8.07. The summed E-state index contributed by atoms with van der Waals surface area (Å²) in [5.41, 5.74) is -0.511. The highest BCUT2D eigenvalue weighted by atomic mass is 32.2. The maximum Gasteiger partial charge on any atom is 0.325 e. The average molecular weight is 301 g/mol. The Morgan fingerprint density at radius 1 is 1.35 bits per heavy atom. The Hall–Kier alpha value is -0.220. The van der Waals surface area contributed by atoms with Crippen LogP contribution in [0.25, 0.3) is 0 Å². The first-order valence-corrected chi connectivity index (χ1v) is 9.12. The standard InChI is InChI=1S/C16H31NO2S/c1-4-12-17-16(2,15(18)19-3)11-7-8-13-20-14-9-5-6-10-14/h14,17H,4-13H2,1-3H3. The maximum absolute atomic E-state index is 11.9. The van der Waals surface area contributed by atoms with Crippen LogP contribution in [0.1, 0.15) is 65.2 Å². The van der Waals surface area contributed by atoms with Gasteiger partial charge < -0.3 is 10.1 Å². The van der Waals surface area contributed by atoms with Crippen LogP contribution in [0.4, 0.5) is 0 Å². The zero-order chi connectivity index (χ0) is 14.8. The van der Waals surface area contributed by atoms with Crippen LogP contribution in [0.2, 0.25) is 0 Å². The molecule has 3 nitrogen and oxygen atoms in total. The van der Waals surface area contributed by atoms with Crippen LogP contribution < -0.4 is 5.32 Å². The third-order valence-electron chi connectivity index (χ3n) is 4.13. The molecule has 1 saturated carbocycles. The van der Waals surface area contributed by atoms with E-state index in [-0.39, 0.29) is 5.97 Å². The van der Waals surface area contributed by atoms with E-state index in [1.54, 1.807) is 0 Å². The first-order chi connectivity index (χ1) is 9.62. The molecule has 0 aromatic heterocycles. The second-order valence-corrected chi connectivity index (χ2v) is 7.39. The quantitative estimate of drug-likeness (QED) is 0.492. The van der Waals surface area contributed by atoms with Gasteiger partial charge in [-0.25, -0.2) is 0 Å². The van der Waals surface area contributed by atoms with Crippen molar-refractivity contribution in [3.05, 3.63) is 0 Å². The van der Waals surface area contributed by atoms with E-state index in [0.29, 0.717) is 0 Å². The van der Waals surface area contributed by atoms with E-state index < -0.39 is 5.54 Å². The molecular formula is C16H31NO2S. The zero-order valence-electron chi connectivity index (χ0n) is 13.4. The Morgan fingerprint density at radius 3 is 2.65 bits per heavy atom. The molecule has 0 saturated heterocycles. The molecule has 0 radical (unpaired) electrons. The first kappa shape index (κ1) is 17.8. The lowest BCUT2D eigenvalue weighted by Gasteiger charge is -2.28. The molecule has 0 amide bonds. The molecule has 0 spiro atoms. The van der Waals surface area contributed by atoms with Crippen molar-refractivity contribution >= 4 is 17.7 Å². The summed E-state index contributed by atoms with van der Waals surface area (Å²) in [5.74, 6) is 1.10. The Morgan fingerprint density at radius 2 is 2.05 bits per heavy atom. The molecule has 1 atom stereocenters. The Kier molecular flexibility index (Phi) is 8.62. The second-order valence-electron chi connectivity index (χ2n) is 5.98. The van der Waals surface area contributed by atoms with Gasteiger partial charge >= 0.3 is 5.97 Å². The van der Waals surface area contributed by atoms with Gasteiger partial charge in [0.25, 0.3) is 0 Å². The summed E-state index contributed by atoms with van der Waals surface area (Å²) in [4.78, 5) is 11.9. The number of esters is 1. The van der Waals surface area contributed by atoms with E-state index in [0.717, 1.165) is 31.1 Å². The van der Waals surface area contributed by atoms with Crippen LogP contribution in [0.5, 0.6) is 0 Å². The summed E-state index contributed by atoms with van der Waals surface area (Å²) in [6.07, 6.45) is 9.82. The molecule has 0 aromatic carbocycles. The molecule has 0 bridgehead atoms. The van der Waals surface area contributed by atoms with Crippen molar-refractivity contribution in [3.63, 3.8) is 0 Å². The summed E-state index contributed by atoms with van der Waals surface area (Å²) >= 11 is 2.13. The van der Waals surface area contributed by atoms with E-state index in [1.165, 1.54) is 45.0 Å². The highest BCUT2D eigenvalue weighted by Gasteiger charge is 2.32. The van der Waals surface area contributed by atoms with E-state index in [2.05, 4.69) is 24.0 Å². The highest BCUT2D eigenvalue weighted by molar-refractivity contribution is 7.99. The fourth-order valence-electron chi connectivity index (χ4n) is 2.77. The van der Waals surface area contributed by atoms with Crippen LogP contribution in [0.15, 0.2) is 0 Å². The van der Waals surface area contributed by atoms with Gasteiger partial charge in [-0.2, -0.15) is 11.8 Å². The predicted octanol–water partition coefficient (Wildman–Crippen LogP) is 3.76. The van der Waals surface area contributed by atoms with Crippen molar-refractivity contribution in [3.8, 4) is 0 Å². The lowest BCUT2D eigenvalue weighted by atomic mass is 9.95. The molecule has 1 aliphatic carbocycles. The fraction of sp³-hybridized carbons (Fsp3) is 0.938. The van der Waals surface area contributed by atoms with Crippen LogP contribution in [0.3, 0.4) is 0 Å². The van der Waals surface area contributed by atoms with Gasteiger partial charge in [0, 0.05) is 5.25 Å². The number of hydrogen-bond acceptors (Lipinski definition) is 4. The Balaban J connectivity index is 2.21. The number of methoxy groups -OCH3 is 1. The number of nitrogens with one attached hydrogen (secondary N) is 1. The number of rotatable bonds is 10. The smallest absolute Gasteiger partial charge is 0.325 e. The summed E-state index contributed by atoms with van der Waals surface area (Å²) in [5, 5.41) is 4.25. The summed E-state index contributed by atoms with van der Waals surface area (Å²) in [7, 11) is 1.48. The number of unbranched alkanes of at least 4 members (excludes halogenated alkanes) is 1. The summed E-state index contributed by atoms with van der Waals surface area (Å²) < 4.78 is 4.94. The lowest BCUT2D eigenvalue weighted by Crippen LogP contribution is -2.50. The van der Waals surface area contributed by atoms with Gasteiger partial charge in [0.2, 0.25) is 0 Å². The largest absolute Gasteiger partial charge is 0.468 e. The minimum absolute atomic E-state index is 0.130. The van der Waals surface area contributed by atoms with Gasteiger partial charge in [-0.15, -0.1) is 0 Å². The van der Waals surface area contributed by atoms with Crippen molar-refractivity contribution in [2.75, 3.05) is 19.4 Å². The molecule has 20 heavy (non-hydrogen) atoms. The molecule has 1 N–H and O–H groups in total. The number of thioether (sulfide) groups is 1. The van der Waals surface area contributed by atoms with Gasteiger partial charge in [0.15, 0.2) is 0 Å². The number of ether oxygens (including phenoxy) is 1. The highest BCUT2D eigenvalue weighted by Crippen LogP contribution is 2.30. The number of carbonyl (C=O) groups excluding carboxylic acids is 1. The average Bonchev–Trinajstić information content (AvgIpc) is 2.97. The molecule has 0 heterocycles. The number of hydrogen-bond donors (Lipinski definition) is 1. The minimum atomic E-state index is -0.511. The Labute approximate surface area is 128 Å². The topological polar surface area (TPSA) is 38.3 Å². The van der Waals surface area contributed by atoms with Crippen molar-refractivity contribution in [1.82, 2.24) is 5.32 Å². The Bertz CT molecular complexity index is 280. The van der Waals surface area contributed by atoms with Crippen molar-refractivity contribution in [2.45, 2.75) is 76.0 Å². The van der Waals surface area contributed by atoms with Crippen molar-refractivity contribution < 1.29 is 9.53 Å². The van der Waals surface area contributed by atoms with Crippen LogP contribution in [-0.2, 0) is 9.53 Å². The fourth-order valence-corrected chi connectivity index (χ4v) is 4.15. The van der Waals surface area contributed by atoms with Gasteiger partial charge in [0.05, 0.1) is 7.11 Å². The normalized spacial score (nSPS) is 18.9. The van der Waals surface area contributed by atoms with Crippen LogP contribution in [-0.4, -0.2) is 36.2 Å². The molecule has 1 aliphatic rings. The molecular weight excluding hydrogens is 270 g/mol. The lowest BCUT2D eigenvalue weighted by molar-refractivity contribution is -0.148. The molecule has 0 aromatic rings. The van der Waals surface area contributed by atoms with E-state index in [9.17, 15) is 4.79 Å². The van der Waals surface area contributed by atoms with Gasteiger partial charge in [-0.1, -0.05) is 26.2 Å². The number of carbonyl (C=O) groups is 1. The van der Waals surface area contributed by atoms with Crippen LogP contribution in [0, 0.1) is 0 Å². The molecule has 4 heteroatoms. The molecule has 1 fully saturated rings. The SMILES string of the molecule is CCCNC(C)(CCCCSC1CCCC1)C(=O)OC. The second kappa shape index (κ2) is 9.67. The zero-order valence-corrected chi connectivity index (χ0v) is 14.2. The van der Waals surface area contributed by atoms with E-state index in [4.69, 9.17) is 4.74 Å².